The van der Waals surface area contributed by atoms with Gasteiger partial charge in [-0.1, -0.05) is 23.7 Å². The maximum absolute atomic E-state index is 11.2. The zero-order valence-corrected chi connectivity index (χ0v) is 11.8. The highest BCUT2D eigenvalue weighted by molar-refractivity contribution is 6.32. The van der Waals surface area contributed by atoms with Gasteiger partial charge < -0.3 is 9.64 Å². The molecule has 2 rings (SSSR count). The molecule has 0 atom stereocenters. The van der Waals surface area contributed by atoms with Crippen LogP contribution in [0.1, 0.15) is 19.8 Å². The normalized spacial score (nSPS) is 16.0. The third kappa shape index (κ3) is 3.79. The number of carbonyl (C=O) groups excluding carboxylic acids is 1. The molecule has 5 heteroatoms. The topological polar surface area (TPSA) is 29.5 Å². The quantitative estimate of drug-likeness (QED) is 0.837. The molecule has 0 N–H and O–H groups in total. The summed E-state index contributed by atoms with van der Waals surface area (Å²) in [4.78, 5) is 13.0. The van der Waals surface area contributed by atoms with Gasteiger partial charge in [-0.05, 0) is 12.1 Å². The predicted octanol–water partition coefficient (Wildman–Crippen LogP) is 3.15. The van der Waals surface area contributed by atoms with Crippen LogP contribution in [0.25, 0.3) is 0 Å². The average Bonchev–Trinajstić information content (AvgIpc) is 2.33. The van der Waals surface area contributed by atoms with Gasteiger partial charge in [0.05, 0.1) is 5.02 Å². The smallest absolute Gasteiger partial charge is 0.219 e. The lowest BCUT2D eigenvalue weighted by Crippen LogP contribution is -2.40. The van der Waals surface area contributed by atoms with E-state index in [1.807, 2.05) is 29.2 Å². The molecule has 1 amide bonds. The van der Waals surface area contributed by atoms with E-state index >= 15 is 0 Å². The van der Waals surface area contributed by atoms with Crippen molar-refractivity contribution in [3.05, 3.63) is 29.3 Å². The van der Waals surface area contributed by atoms with E-state index in [2.05, 4.69) is 0 Å². The first-order valence-electron chi connectivity index (χ1n) is 5.83. The molecule has 1 aliphatic heterocycles. The number of ether oxygens (including phenoxy) is 1. The SMILES string of the molecule is CC(=O)N1CCC(Oc2ccccc2Cl)CC1.Cl. The Labute approximate surface area is 118 Å². The summed E-state index contributed by atoms with van der Waals surface area (Å²) >= 11 is 6.03. The molecule has 1 heterocycles. The number of benzene rings is 1. The van der Waals surface area contributed by atoms with Gasteiger partial charge >= 0.3 is 0 Å². The summed E-state index contributed by atoms with van der Waals surface area (Å²) in [6.07, 6.45) is 1.89. The van der Waals surface area contributed by atoms with Crippen molar-refractivity contribution in [2.75, 3.05) is 13.1 Å². The number of carbonyl (C=O) groups is 1. The molecule has 0 saturated carbocycles. The zero-order valence-electron chi connectivity index (χ0n) is 10.3. The number of likely N-dealkylation sites (tertiary alicyclic amines) is 1. The molecular weight excluding hydrogens is 273 g/mol. The van der Waals surface area contributed by atoms with Crippen LogP contribution in [0.5, 0.6) is 5.75 Å². The number of amides is 1. The lowest BCUT2D eigenvalue weighted by atomic mass is 10.1. The molecule has 1 saturated heterocycles. The first kappa shape index (κ1) is 15.1. The molecule has 0 aromatic heterocycles. The van der Waals surface area contributed by atoms with Gasteiger partial charge in [0.15, 0.2) is 0 Å². The van der Waals surface area contributed by atoms with Gasteiger partial charge in [0, 0.05) is 32.9 Å². The monoisotopic (exact) mass is 289 g/mol. The number of halogens is 2. The second kappa shape index (κ2) is 6.86. The van der Waals surface area contributed by atoms with E-state index in [0.29, 0.717) is 5.02 Å². The number of nitrogens with zero attached hydrogens (tertiary/aromatic N) is 1. The molecule has 1 aromatic carbocycles. The first-order valence-corrected chi connectivity index (χ1v) is 6.21. The van der Waals surface area contributed by atoms with Crippen molar-refractivity contribution >= 4 is 29.9 Å². The van der Waals surface area contributed by atoms with Gasteiger partial charge in [-0.15, -0.1) is 12.4 Å². The van der Waals surface area contributed by atoms with Crippen LogP contribution < -0.4 is 4.74 Å². The number of rotatable bonds is 2. The van der Waals surface area contributed by atoms with E-state index < -0.39 is 0 Å². The fraction of sp³-hybridized carbons (Fsp3) is 0.462. The maximum atomic E-state index is 11.2. The highest BCUT2D eigenvalue weighted by Crippen LogP contribution is 2.26. The Morgan fingerprint density at radius 2 is 1.94 bits per heavy atom. The van der Waals surface area contributed by atoms with Crippen LogP contribution >= 0.6 is 24.0 Å². The third-order valence-corrected chi connectivity index (χ3v) is 3.33. The van der Waals surface area contributed by atoms with Gasteiger partial charge in [0.1, 0.15) is 11.9 Å². The van der Waals surface area contributed by atoms with Crippen LogP contribution in [-0.2, 0) is 4.79 Å². The number of hydrogen-bond acceptors (Lipinski definition) is 2. The average molecular weight is 290 g/mol. The molecule has 3 nitrogen and oxygen atoms in total. The molecule has 1 aromatic rings. The fourth-order valence-electron chi connectivity index (χ4n) is 2.01. The van der Waals surface area contributed by atoms with Crippen LogP contribution in [0.15, 0.2) is 24.3 Å². The minimum atomic E-state index is 0. The van der Waals surface area contributed by atoms with Crippen LogP contribution in [0.2, 0.25) is 5.02 Å². The summed E-state index contributed by atoms with van der Waals surface area (Å²) in [6, 6.07) is 7.49. The summed E-state index contributed by atoms with van der Waals surface area (Å²) in [6.45, 7) is 3.14. The van der Waals surface area contributed by atoms with Crippen LogP contribution in [0.4, 0.5) is 0 Å². The van der Waals surface area contributed by atoms with Crippen molar-refractivity contribution in [1.29, 1.82) is 0 Å². The van der Waals surface area contributed by atoms with Gasteiger partial charge in [0.25, 0.3) is 0 Å². The Hall–Kier alpha value is -0.930. The Morgan fingerprint density at radius 1 is 1.33 bits per heavy atom. The van der Waals surface area contributed by atoms with E-state index in [1.165, 1.54) is 0 Å². The minimum absolute atomic E-state index is 0. The summed E-state index contributed by atoms with van der Waals surface area (Å²) in [5.74, 6) is 0.872. The van der Waals surface area contributed by atoms with E-state index in [1.54, 1.807) is 6.92 Å². The van der Waals surface area contributed by atoms with Crippen molar-refractivity contribution < 1.29 is 9.53 Å². The molecule has 0 aliphatic carbocycles. The molecule has 0 radical (unpaired) electrons. The van der Waals surface area contributed by atoms with Crippen molar-refractivity contribution in [3.63, 3.8) is 0 Å². The molecule has 100 valence electrons. The Balaban J connectivity index is 0.00000162. The first-order chi connectivity index (χ1) is 8.16. The number of hydrogen-bond donors (Lipinski definition) is 0. The van der Waals surface area contributed by atoms with Gasteiger partial charge in [-0.3, -0.25) is 4.79 Å². The summed E-state index contributed by atoms with van der Waals surface area (Å²) in [5.41, 5.74) is 0. The van der Waals surface area contributed by atoms with Crippen molar-refractivity contribution in [1.82, 2.24) is 4.90 Å². The summed E-state index contributed by atoms with van der Waals surface area (Å²) in [7, 11) is 0. The second-order valence-corrected chi connectivity index (χ2v) is 4.66. The van der Waals surface area contributed by atoms with Gasteiger partial charge in [-0.2, -0.15) is 0 Å². The van der Waals surface area contributed by atoms with Crippen LogP contribution in [0.3, 0.4) is 0 Å². The van der Waals surface area contributed by atoms with E-state index in [9.17, 15) is 4.79 Å². The Morgan fingerprint density at radius 3 is 2.50 bits per heavy atom. The molecule has 1 fully saturated rings. The van der Waals surface area contributed by atoms with Crippen molar-refractivity contribution in [3.8, 4) is 5.75 Å². The largest absolute Gasteiger partial charge is 0.489 e. The standard InChI is InChI=1S/C13H16ClNO2.ClH/c1-10(16)15-8-6-11(7-9-15)17-13-5-3-2-4-12(13)14;/h2-5,11H,6-9H2,1H3;1H. The molecule has 1 aliphatic rings. The number of para-hydroxylation sites is 1. The van der Waals surface area contributed by atoms with Crippen LogP contribution in [0, 0.1) is 0 Å². The van der Waals surface area contributed by atoms with E-state index in [4.69, 9.17) is 16.3 Å². The van der Waals surface area contributed by atoms with E-state index in [0.717, 1.165) is 31.7 Å². The predicted molar refractivity (Wildman–Crippen MR) is 74.6 cm³/mol. The summed E-state index contributed by atoms with van der Waals surface area (Å²) in [5, 5.41) is 0.640. The molecule has 0 spiro atoms. The van der Waals surface area contributed by atoms with Gasteiger partial charge in [0.2, 0.25) is 5.91 Å². The molecule has 0 bridgehead atoms. The van der Waals surface area contributed by atoms with Crippen molar-refractivity contribution in [2.45, 2.75) is 25.9 Å². The molecular formula is C13H17Cl2NO2. The molecule has 0 unspecified atom stereocenters. The molecule has 18 heavy (non-hydrogen) atoms. The van der Waals surface area contributed by atoms with Crippen molar-refractivity contribution in [2.24, 2.45) is 0 Å². The van der Waals surface area contributed by atoms with Crippen LogP contribution in [-0.4, -0.2) is 30.0 Å². The number of piperidine rings is 1. The van der Waals surface area contributed by atoms with Gasteiger partial charge in [-0.25, -0.2) is 0 Å². The third-order valence-electron chi connectivity index (χ3n) is 3.02. The lowest BCUT2D eigenvalue weighted by Gasteiger charge is -2.31. The fourth-order valence-corrected chi connectivity index (χ4v) is 2.19. The minimum Gasteiger partial charge on any atom is -0.489 e. The Kier molecular flexibility index (Phi) is 5.76. The Bertz CT molecular complexity index is 404. The second-order valence-electron chi connectivity index (χ2n) is 4.25. The highest BCUT2D eigenvalue weighted by atomic mass is 35.5. The maximum Gasteiger partial charge on any atom is 0.219 e. The highest BCUT2D eigenvalue weighted by Gasteiger charge is 2.22. The van der Waals surface area contributed by atoms with E-state index in [-0.39, 0.29) is 24.4 Å². The summed E-state index contributed by atoms with van der Waals surface area (Å²) < 4.78 is 5.84. The lowest BCUT2D eigenvalue weighted by molar-refractivity contribution is -0.130. The zero-order chi connectivity index (χ0) is 12.3.